The van der Waals surface area contributed by atoms with Gasteiger partial charge in [-0.25, -0.2) is 4.79 Å². The maximum absolute atomic E-state index is 11.1. The highest BCUT2D eigenvalue weighted by atomic mass is 16.5. The van der Waals surface area contributed by atoms with Crippen molar-refractivity contribution in [3.05, 3.63) is 60.2 Å². The Morgan fingerprint density at radius 3 is 2.85 bits per heavy atom. The highest BCUT2D eigenvalue weighted by molar-refractivity contribution is 5.85. The lowest BCUT2D eigenvalue weighted by Crippen LogP contribution is -2.13. The smallest absolute Gasteiger partial charge is 0.330 e. The highest BCUT2D eigenvalue weighted by Gasteiger charge is 1.99. The molecule has 20 heavy (non-hydrogen) atoms. The Balaban J connectivity index is 1.89. The van der Waals surface area contributed by atoms with E-state index in [1.165, 1.54) is 22.4 Å². The van der Waals surface area contributed by atoms with Gasteiger partial charge in [0.25, 0.3) is 0 Å². The van der Waals surface area contributed by atoms with Gasteiger partial charge in [0.15, 0.2) is 0 Å². The number of rotatable bonds is 6. The fourth-order valence-corrected chi connectivity index (χ4v) is 2.08. The van der Waals surface area contributed by atoms with Crippen molar-refractivity contribution in [1.82, 2.24) is 5.32 Å². The Morgan fingerprint density at radius 2 is 2.00 bits per heavy atom. The first kappa shape index (κ1) is 14.3. The molecule has 0 heterocycles. The molecule has 3 heteroatoms. The molecule has 0 radical (unpaired) electrons. The zero-order chi connectivity index (χ0) is 14.2. The minimum absolute atomic E-state index is 0.292. The molecule has 0 aromatic heterocycles. The van der Waals surface area contributed by atoms with Crippen molar-refractivity contribution in [1.29, 1.82) is 0 Å². The van der Waals surface area contributed by atoms with Crippen LogP contribution in [0.4, 0.5) is 0 Å². The fourth-order valence-electron chi connectivity index (χ4n) is 2.08. The first-order valence-corrected chi connectivity index (χ1v) is 6.82. The predicted molar refractivity (Wildman–Crippen MR) is 81.4 cm³/mol. The van der Waals surface area contributed by atoms with E-state index in [1.807, 2.05) is 12.1 Å². The zero-order valence-corrected chi connectivity index (χ0v) is 11.6. The summed E-state index contributed by atoms with van der Waals surface area (Å²) in [6.45, 7) is 3.62. The number of ether oxygens (including phenoxy) is 1. The second kappa shape index (κ2) is 7.46. The third-order valence-corrected chi connectivity index (χ3v) is 3.00. The molecular weight excluding hydrogens is 250 g/mol. The van der Waals surface area contributed by atoms with Crippen LogP contribution in [0.15, 0.2) is 54.6 Å². The normalized spacial score (nSPS) is 11.1. The van der Waals surface area contributed by atoms with Crippen LogP contribution in [0.2, 0.25) is 0 Å². The third kappa shape index (κ3) is 3.93. The molecule has 0 atom stereocenters. The van der Waals surface area contributed by atoms with Crippen LogP contribution in [0.3, 0.4) is 0 Å². The van der Waals surface area contributed by atoms with E-state index in [0.717, 1.165) is 6.54 Å². The molecule has 0 aliphatic rings. The first-order valence-electron chi connectivity index (χ1n) is 6.82. The van der Waals surface area contributed by atoms with Crippen molar-refractivity contribution >= 4 is 16.7 Å². The number of hydrogen-bond acceptors (Lipinski definition) is 3. The molecule has 0 amide bonds. The van der Waals surface area contributed by atoms with E-state index < -0.39 is 0 Å². The summed E-state index contributed by atoms with van der Waals surface area (Å²) >= 11 is 0. The van der Waals surface area contributed by atoms with Crippen molar-refractivity contribution in [3.63, 3.8) is 0 Å². The van der Waals surface area contributed by atoms with Crippen molar-refractivity contribution in [2.24, 2.45) is 0 Å². The van der Waals surface area contributed by atoms with Gasteiger partial charge in [0, 0.05) is 19.2 Å². The molecule has 0 aliphatic heterocycles. The molecule has 104 valence electrons. The van der Waals surface area contributed by atoms with Gasteiger partial charge in [-0.3, -0.25) is 0 Å². The summed E-state index contributed by atoms with van der Waals surface area (Å²) in [5, 5.41) is 5.80. The molecule has 2 rings (SSSR count). The molecule has 0 unspecified atom stereocenters. The van der Waals surface area contributed by atoms with E-state index in [9.17, 15) is 4.79 Å². The van der Waals surface area contributed by atoms with E-state index in [4.69, 9.17) is 4.74 Å². The standard InChI is InChI=1S/C17H19NO2/c1-2-20-17(19)11-6-12-18-13-15-9-5-8-14-7-3-4-10-16(14)15/h3-11,18H,2,12-13H2,1H3/b11-6+. The zero-order valence-electron chi connectivity index (χ0n) is 11.6. The average Bonchev–Trinajstić information content (AvgIpc) is 2.47. The van der Waals surface area contributed by atoms with Crippen molar-refractivity contribution < 1.29 is 9.53 Å². The Bertz CT molecular complexity index is 599. The maximum atomic E-state index is 11.1. The number of hydrogen-bond donors (Lipinski definition) is 1. The molecular formula is C17H19NO2. The Labute approximate surface area is 119 Å². The van der Waals surface area contributed by atoms with Gasteiger partial charge in [-0.1, -0.05) is 48.5 Å². The lowest BCUT2D eigenvalue weighted by Gasteiger charge is -2.06. The van der Waals surface area contributed by atoms with Crippen LogP contribution in [0.25, 0.3) is 10.8 Å². The van der Waals surface area contributed by atoms with E-state index in [1.54, 1.807) is 13.0 Å². The minimum Gasteiger partial charge on any atom is -0.463 e. The van der Waals surface area contributed by atoms with Crippen LogP contribution < -0.4 is 5.32 Å². The summed E-state index contributed by atoms with van der Waals surface area (Å²) in [4.78, 5) is 11.1. The molecule has 0 aliphatic carbocycles. The van der Waals surface area contributed by atoms with Crippen molar-refractivity contribution in [3.8, 4) is 0 Å². The van der Waals surface area contributed by atoms with Gasteiger partial charge >= 0.3 is 5.97 Å². The monoisotopic (exact) mass is 269 g/mol. The Hall–Kier alpha value is -2.13. The summed E-state index contributed by atoms with van der Waals surface area (Å²) < 4.78 is 4.81. The van der Waals surface area contributed by atoms with Crippen molar-refractivity contribution in [2.45, 2.75) is 13.5 Å². The van der Waals surface area contributed by atoms with Gasteiger partial charge in [0.2, 0.25) is 0 Å². The predicted octanol–water partition coefficient (Wildman–Crippen LogP) is 3.05. The molecule has 0 saturated carbocycles. The number of carbonyl (C=O) groups is 1. The van der Waals surface area contributed by atoms with Crippen LogP contribution in [0.1, 0.15) is 12.5 Å². The molecule has 2 aromatic rings. The van der Waals surface area contributed by atoms with Crippen LogP contribution in [0.5, 0.6) is 0 Å². The van der Waals surface area contributed by atoms with Crippen LogP contribution in [-0.4, -0.2) is 19.1 Å². The van der Waals surface area contributed by atoms with Gasteiger partial charge < -0.3 is 10.1 Å². The van der Waals surface area contributed by atoms with Gasteiger partial charge in [0.05, 0.1) is 6.61 Å². The second-order valence-electron chi connectivity index (χ2n) is 4.42. The topological polar surface area (TPSA) is 38.3 Å². The third-order valence-electron chi connectivity index (χ3n) is 3.00. The number of esters is 1. The summed E-state index contributed by atoms with van der Waals surface area (Å²) in [5.41, 5.74) is 1.26. The van der Waals surface area contributed by atoms with Gasteiger partial charge in [-0.2, -0.15) is 0 Å². The number of benzene rings is 2. The fraction of sp³-hybridized carbons (Fsp3) is 0.235. The summed E-state index contributed by atoms with van der Waals surface area (Å²) in [6, 6.07) is 14.6. The molecule has 1 N–H and O–H groups in total. The Morgan fingerprint density at radius 1 is 1.20 bits per heavy atom. The van der Waals surface area contributed by atoms with E-state index in [0.29, 0.717) is 13.2 Å². The highest BCUT2D eigenvalue weighted by Crippen LogP contribution is 2.17. The molecule has 0 bridgehead atoms. The minimum atomic E-state index is -0.292. The number of nitrogens with one attached hydrogen (secondary N) is 1. The molecule has 3 nitrogen and oxygen atoms in total. The SMILES string of the molecule is CCOC(=O)/C=C/CNCc1cccc2ccccc12. The summed E-state index contributed by atoms with van der Waals surface area (Å²) in [6.07, 6.45) is 3.24. The molecule has 0 saturated heterocycles. The van der Waals surface area contributed by atoms with E-state index in [-0.39, 0.29) is 5.97 Å². The summed E-state index contributed by atoms with van der Waals surface area (Å²) in [5.74, 6) is -0.292. The first-order chi connectivity index (χ1) is 9.81. The quantitative estimate of drug-likeness (QED) is 0.497. The van der Waals surface area contributed by atoms with Gasteiger partial charge in [-0.15, -0.1) is 0 Å². The average molecular weight is 269 g/mol. The van der Waals surface area contributed by atoms with Crippen LogP contribution >= 0.6 is 0 Å². The molecule has 0 spiro atoms. The summed E-state index contributed by atoms with van der Waals surface area (Å²) in [7, 11) is 0. The van der Waals surface area contributed by atoms with E-state index in [2.05, 4.69) is 35.6 Å². The van der Waals surface area contributed by atoms with Crippen molar-refractivity contribution in [2.75, 3.05) is 13.2 Å². The maximum Gasteiger partial charge on any atom is 0.330 e. The molecule has 2 aromatic carbocycles. The second-order valence-corrected chi connectivity index (χ2v) is 4.42. The molecule has 0 fully saturated rings. The largest absolute Gasteiger partial charge is 0.463 e. The number of fused-ring (bicyclic) bond motifs is 1. The van der Waals surface area contributed by atoms with E-state index >= 15 is 0 Å². The lowest BCUT2D eigenvalue weighted by molar-refractivity contribution is -0.137. The van der Waals surface area contributed by atoms with Crippen LogP contribution in [-0.2, 0) is 16.1 Å². The van der Waals surface area contributed by atoms with Gasteiger partial charge in [-0.05, 0) is 23.3 Å². The van der Waals surface area contributed by atoms with Gasteiger partial charge in [0.1, 0.15) is 0 Å². The Kier molecular flexibility index (Phi) is 5.33. The van der Waals surface area contributed by atoms with Crippen LogP contribution in [0, 0.1) is 0 Å². The number of carbonyl (C=O) groups excluding carboxylic acids is 1. The lowest BCUT2D eigenvalue weighted by atomic mass is 10.0.